The number of carbonyl (C=O) groups is 1. The number of hydrogen-bond acceptors (Lipinski definition) is 4. The topological polar surface area (TPSA) is 44.8 Å². The Labute approximate surface area is 230 Å². The molecule has 4 aromatic rings. The summed E-state index contributed by atoms with van der Waals surface area (Å²) in [5.74, 6) is -5.34. The maximum absolute atomic E-state index is 14.9. The first-order chi connectivity index (χ1) is 19.3. The third-order valence-corrected chi connectivity index (χ3v) is 6.12. The molecule has 0 aromatic heterocycles. The fourth-order valence-electron chi connectivity index (χ4n) is 3.94. The Bertz CT molecular complexity index is 1470. The minimum atomic E-state index is -1.34. The van der Waals surface area contributed by atoms with Gasteiger partial charge in [0.25, 0.3) is 0 Å². The molecule has 4 aromatic carbocycles. The number of unbranched alkanes of at least 4 members (excludes halogenated alkanes) is 1. The summed E-state index contributed by atoms with van der Waals surface area (Å²) in [6.45, 7) is 4.75. The van der Waals surface area contributed by atoms with Crippen molar-refractivity contribution in [2.24, 2.45) is 0 Å². The van der Waals surface area contributed by atoms with Crippen LogP contribution in [0.3, 0.4) is 0 Å². The quantitative estimate of drug-likeness (QED) is 0.0808. The van der Waals surface area contributed by atoms with Crippen LogP contribution in [0.15, 0.2) is 72.8 Å². The molecule has 4 nitrogen and oxygen atoms in total. The molecule has 0 unspecified atom stereocenters. The van der Waals surface area contributed by atoms with Crippen molar-refractivity contribution in [2.75, 3.05) is 13.2 Å². The molecule has 208 valence electrons. The van der Waals surface area contributed by atoms with E-state index in [0.717, 1.165) is 18.9 Å². The molecule has 0 heterocycles. The highest BCUT2D eigenvalue weighted by Gasteiger charge is 2.22. The minimum Gasteiger partial charge on any atom is -0.494 e. The van der Waals surface area contributed by atoms with Crippen LogP contribution in [-0.2, 0) is 0 Å². The first-order valence-corrected chi connectivity index (χ1v) is 13.0. The third kappa shape index (κ3) is 6.45. The minimum absolute atomic E-state index is 0.00752. The van der Waals surface area contributed by atoms with Crippen LogP contribution in [0.1, 0.15) is 43.5 Å². The van der Waals surface area contributed by atoms with E-state index in [2.05, 4.69) is 0 Å². The molecule has 0 bridgehead atoms. The van der Waals surface area contributed by atoms with Crippen LogP contribution >= 0.6 is 0 Å². The largest absolute Gasteiger partial charge is 0.494 e. The molecule has 0 fully saturated rings. The van der Waals surface area contributed by atoms with E-state index in [1.165, 1.54) is 42.5 Å². The third-order valence-electron chi connectivity index (χ3n) is 6.12. The molecular weight excluding hydrogens is 524 g/mol. The van der Waals surface area contributed by atoms with Gasteiger partial charge in [0.2, 0.25) is 5.82 Å². The zero-order chi connectivity index (χ0) is 28.6. The zero-order valence-electron chi connectivity index (χ0n) is 22.1. The van der Waals surface area contributed by atoms with Gasteiger partial charge in [-0.3, -0.25) is 0 Å². The molecule has 0 spiro atoms. The average Bonchev–Trinajstić information content (AvgIpc) is 2.96. The summed E-state index contributed by atoms with van der Waals surface area (Å²) in [5, 5.41) is 0. The molecule has 0 radical (unpaired) electrons. The van der Waals surface area contributed by atoms with Crippen LogP contribution in [0.4, 0.5) is 17.6 Å². The molecule has 0 saturated heterocycles. The summed E-state index contributed by atoms with van der Waals surface area (Å²) >= 11 is 0. The maximum atomic E-state index is 14.9. The highest BCUT2D eigenvalue weighted by molar-refractivity contribution is 5.92. The summed E-state index contributed by atoms with van der Waals surface area (Å²) in [5.41, 5.74) is 0.132. The standard InChI is InChI=1S/C32H28F4O4/c1-3-5-19-39-27-17-16-25(29(34)31(27)36)21-8-12-23(13-9-21)40-32(37)26-15-14-24(28(33)30(26)35)20-6-10-22(11-7-20)38-18-4-2/h6-17H,3-5,18-19H2,1-2H3. The van der Waals surface area contributed by atoms with Crippen LogP contribution in [-0.4, -0.2) is 19.2 Å². The van der Waals surface area contributed by atoms with Crippen molar-refractivity contribution < 1.29 is 36.6 Å². The molecule has 0 amide bonds. The van der Waals surface area contributed by atoms with Crippen LogP contribution in [0.25, 0.3) is 22.3 Å². The number of carbonyl (C=O) groups excluding carboxylic acids is 1. The van der Waals surface area contributed by atoms with E-state index >= 15 is 0 Å². The van der Waals surface area contributed by atoms with Gasteiger partial charge in [-0.15, -0.1) is 0 Å². The van der Waals surface area contributed by atoms with Crippen LogP contribution in [0.2, 0.25) is 0 Å². The lowest BCUT2D eigenvalue weighted by Gasteiger charge is -2.11. The van der Waals surface area contributed by atoms with Gasteiger partial charge in [-0.25, -0.2) is 18.0 Å². The number of esters is 1. The lowest BCUT2D eigenvalue weighted by molar-refractivity contribution is 0.0728. The normalized spacial score (nSPS) is 10.8. The van der Waals surface area contributed by atoms with Crippen molar-refractivity contribution in [1.29, 1.82) is 0 Å². The lowest BCUT2D eigenvalue weighted by Crippen LogP contribution is -2.12. The predicted octanol–water partition coefficient (Wildman–Crippen LogP) is 8.76. The van der Waals surface area contributed by atoms with Gasteiger partial charge in [0.05, 0.1) is 18.8 Å². The van der Waals surface area contributed by atoms with Gasteiger partial charge in [0, 0.05) is 11.1 Å². The van der Waals surface area contributed by atoms with Crippen molar-refractivity contribution in [2.45, 2.75) is 33.1 Å². The number of halogens is 4. The fraction of sp³-hybridized carbons (Fsp3) is 0.219. The second kappa shape index (κ2) is 13.2. The van der Waals surface area contributed by atoms with Gasteiger partial charge in [-0.2, -0.15) is 4.39 Å². The molecule has 4 rings (SSSR count). The van der Waals surface area contributed by atoms with E-state index in [1.54, 1.807) is 24.3 Å². The average molecular weight is 553 g/mol. The summed E-state index contributed by atoms with van der Waals surface area (Å²) in [6, 6.07) is 17.3. The molecule has 0 aliphatic heterocycles. The number of rotatable bonds is 11. The summed E-state index contributed by atoms with van der Waals surface area (Å²) < 4.78 is 74.9. The second-order valence-electron chi connectivity index (χ2n) is 9.02. The Hall–Kier alpha value is -4.33. The molecular formula is C32H28F4O4. The number of hydrogen-bond donors (Lipinski definition) is 0. The van der Waals surface area contributed by atoms with Crippen molar-refractivity contribution in [3.05, 3.63) is 102 Å². The van der Waals surface area contributed by atoms with E-state index in [1.807, 2.05) is 13.8 Å². The van der Waals surface area contributed by atoms with Crippen molar-refractivity contribution >= 4 is 5.97 Å². The Balaban J connectivity index is 1.47. The Morgan fingerprint density at radius 3 is 1.77 bits per heavy atom. The first-order valence-electron chi connectivity index (χ1n) is 13.0. The first kappa shape index (κ1) is 28.7. The van der Waals surface area contributed by atoms with Crippen molar-refractivity contribution in [1.82, 2.24) is 0 Å². The highest BCUT2D eigenvalue weighted by Crippen LogP contribution is 2.32. The lowest BCUT2D eigenvalue weighted by atomic mass is 10.0. The second-order valence-corrected chi connectivity index (χ2v) is 9.02. The van der Waals surface area contributed by atoms with Crippen molar-refractivity contribution in [3.63, 3.8) is 0 Å². The Morgan fingerprint density at radius 2 is 1.18 bits per heavy atom. The van der Waals surface area contributed by atoms with E-state index in [9.17, 15) is 22.4 Å². The van der Waals surface area contributed by atoms with Gasteiger partial charge in [0.15, 0.2) is 23.2 Å². The predicted molar refractivity (Wildman–Crippen MR) is 145 cm³/mol. The van der Waals surface area contributed by atoms with E-state index in [0.29, 0.717) is 29.9 Å². The number of benzene rings is 4. The Kier molecular flexibility index (Phi) is 9.43. The molecule has 8 heteroatoms. The fourth-order valence-corrected chi connectivity index (χ4v) is 3.94. The van der Waals surface area contributed by atoms with Crippen LogP contribution in [0.5, 0.6) is 17.2 Å². The Morgan fingerprint density at radius 1 is 0.600 bits per heavy atom. The summed E-state index contributed by atoms with van der Waals surface area (Å²) in [7, 11) is 0. The van der Waals surface area contributed by atoms with Gasteiger partial charge in [-0.1, -0.05) is 50.6 Å². The summed E-state index contributed by atoms with van der Waals surface area (Å²) in [4.78, 5) is 12.6. The maximum Gasteiger partial charge on any atom is 0.346 e. The SMILES string of the molecule is CCCCOc1ccc(-c2ccc(OC(=O)c3ccc(-c4ccc(OCCC)cc4)c(F)c3F)cc2)c(F)c1F. The van der Waals surface area contributed by atoms with E-state index in [4.69, 9.17) is 14.2 Å². The molecule has 0 saturated carbocycles. The molecule has 0 N–H and O–H groups in total. The number of ether oxygens (including phenoxy) is 3. The van der Waals surface area contributed by atoms with Crippen molar-refractivity contribution in [3.8, 4) is 39.5 Å². The van der Waals surface area contributed by atoms with Crippen LogP contribution < -0.4 is 14.2 Å². The van der Waals surface area contributed by atoms with Gasteiger partial charge >= 0.3 is 5.97 Å². The molecule has 0 atom stereocenters. The molecule has 0 aliphatic carbocycles. The molecule has 0 aliphatic rings. The van der Waals surface area contributed by atoms with E-state index < -0.39 is 34.8 Å². The monoisotopic (exact) mass is 552 g/mol. The summed E-state index contributed by atoms with van der Waals surface area (Å²) in [6.07, 6.45) is 2.41. The van der Waals surface area contributed by atoms with Crippen LogP contribution in [0, 0.1) is 23.3 Å². The van der Waals surface area contributed by atoms with E-state index in [-0.39, 0.29) is 29.2 Å². The van der Waals surface area contributed by atoms with Gasteiger partial charge in [-0.05, 0) is 66.4 Å². The van der Waals surface area contributed by atoms with Gasteiger partial charge in [0.1, 0.15) is 11.5 Å². The highest BCUT2D eigenvalue weighted by atomic mass is 19.2. The smallest absolute Gasteiger partial charge is 0.346 e. The zero-order valence-corrected chi connectivity index (χ0v) is 22.1. The molecule has 40 heavy (non-hydrogen) atoms. The van der Waals surface area contributed by atoms with Gasteiger partial charge < -0.3 is 14.2 Å².